The van der Waals surface area contributed by atoms with E-state index in [-0.39, 0.29) is 17.7 Å². The third-order valence-electron chi connectivity index (χ3n) is 3.67. The van der Waals surface area contributed by atoms with Gasteiger partial charge in [0.05, 0.1) is 0 Å². The topological polar surface area (TPSA) is 63.5 Å². The van der Waals surface area contributed by atoms with Crippen molar-refractivity contribution in [3.8, 4) is 0 Å². The van der Waals surface area contributed by atoms with Crippen LogP contribution in [0.25, 0.3) is 0 Å². The molecule has 1 heterocycles. The van der Waals surface area contributed by atoms with Gasteiger partial charge < -0.3 is 9.88 Å². The number of carbonyl (C=O) groups excluding carboxylic acids is 2. The quantitative estimate of drug-likeness (QED) is 0.905. The van der Waals surface area contributed by atoms with Gasteiger partial charge in [0, 0.05) is 24.2 Å². The summed E-state index contributed by atoms with van der Waals surface area (Å²) in [4.78, 5) is 29.9. The van der Waals surface area contributed by atoms with E-state index < -0.39 is 6.04 Å². The van der Waals surface area contributed by atoms with E-state index in [4.69, 9.17) is 0 Å². The molecule has 0 aliphatic carbocycles. The zero-order valence-electron chi connectivity index (χ0n) is 14.4. The Morgan fingerprint density at radius 1 is 1.29 bits per heavy atom. The summed E-state index contributed by atoms with van der Waals surface area (Å²) in [6.45, 7) is 5.92. The van der Waals surface area contributed by atoms with Crippen LogP contribution in [0.5, 0.6) is 0 Å². The highest BCUT2D eigenvalue weighted by atomic mass is 32.1. The molecule has 1 aromatic carbocycles. The molecule has 0 saturated heterocycles. The van der Waals surface area contributed by atoms with Crippen molar-refractivity contribution in [2.75, 3.05) is 0 Å². The van der Waals surface area contributed by atoms with Crippen molar-refractivity contribution in [3.05, 3.63) is 51.8 Å². The summed E-state index contributed by atoms with van der Waals surface area (Å²) in [5, 5.41) is 4.72. The Morgan fingerprint density at radius 3 is 2.58 bits per heavy atom. The SMILES string of the molecule is Cc1ccccc1C(=O)NC(CC(C)C)C(=O)N=c1sccn1C. The lowest BCUT2D eigenvalue weighted by atomic mass is 10.0. The number of hydrogen-bond donors (Lipinski definition) is 1. The van der Waals surface area contributed by atoms with Crippen molar-refractivity contribution >= 4 is 23.2 Å². The number of hydrogen-bond acceptors (Lipinski definition) is 3. The minimum absolute atomic E-state index is 0.238. The molecule has 128 valence electrons. The van der Waals surface area contributed by atoms with Crippen molar-refractivity contribution in [1.82, 2.24) is 9.88 Å². The summed E-state index contributed by atoms with van der Waals surface area (Å²) < 4.78 is 1.79. The van der Waals surface area contributed by atoms with E-state index >= 15 is 0 Å². The fourth-order valence-corrected chi connectivity index (χ4v) is 3.10. The fraction of sp³-hybridized carbons (Fsp3) is 0.389. The molecule has 1 unspecified atom stereocenters. The summed E-state index contributed by atoms with van der Waals surface area (Å²) in [5.41, 5.74) is 1.47. The molecule has 1 atom stereocenters. The van der Waals surface area contributed by atoms with Crippen molar-refractivity contribution in [2.45, 2.75) is 33.2 Å². The first-order valence-electron chi connectivity index (χ1n) is 7.93. The van der Waals surface area contributed by atoms with E-state index in [1.165, 1.54) is 11.3 Å². The number of carbonyl (C=O) groups is 2. The Kier molecular flexibility index (Phi) is 6.09. The average Bonchev–Trinajstić information content (AvgIpc) is 2.91. The number of aryl methyl sites for hydroxylation is 2. The number of benzene rings is 1. The van der Waals surface area contributed by atoms with Gasteiger partial charge in [0.25, 0.3) is 11.8 Å². The molecule has 0 aliphatic rings. The van der Waals surface area contributed by atoms with Crippen LogP contribution in [0.2, 0.25) is 0 Å². The van der Waals surface area contributed by atoms with Crippen LogP contribution in [-0.4, -0.2) is 22.4 Å². The molecule has 1 aromatic heterocycles. The Hall–Kier alpha value is -2.21. The first kappa shape index (κ1) is 18.1. The van der Waals surface area contributed by atoms with E-state index in [1.807, 2.05) is 57.6 Å². The Morgan fingerprint density at radius 2 is 2.00 bits per heavy atom. The number of nitrogens with zero attached hydrogens (tertiary/aromatic N) is 2. The third kappa shape index (κ3) is 4.64. The molecule has 1 N–H and O–H groups in total. The molecule has 2 amide bonds. The van der Waals surface area contributed by atoms with E-state index in [0.717, 1.165) is 5.56 Å². The van der Waals surface area contributed by atoms with E-state index in [0.29, 0.717) is 16.8 Å². The summed E-state index contributed by atoms with van der Waals surface area (Å²) in [6.07, 6.45) is 2.40. The zero-order valence-corrected chi connectivity index (χ0v) is 15.3. The first-order valence-corrected chi connectivity index (χ1v) is 8.81. The van der Waals surface area contributed by atoms with Gasteiger partial charge in [-0.2, -0.15) is 4.99 Å². The zero-order chi connectivity index (χ0) is 17.7. The molecule has 0 radical (unpaired) electrons. The molecule has 0 spiro atoms. The molecular formula is C18H23N3O2S. The van der Waals surface area contributed by atoms with Crippen molar-refractivity contribution < 1.29 is 9.59 Å². The monoisotopic (exact) mass is 345 g/mol. The van der Waals surface area contributed by atoms with Crippen LogP contribution in [0.3, 0.4) is 0 Å². The molecule has 0 aliphatic heterocycles. The van der Waals surface area contributed by atoms with Crippen molar-refractivity contribution in [2.24, 2.45) is 18.0 Å². The van der Waals surface area contributed by atoms with Gasteiger partial charge in [-0.25, -0.2) is 0 Å². The van der Waals surface area contributed by atoms with Crippen LogP contribution in [0, 0.1) is 12.8 Å². The highest BCUT2D eigenvalue weighted by Crippen LogP contribution is 2.10. The lowest BCUT2D eigenvalue weighted by Crippen LogP contribution is -2.42. The molecule has 0 saturated carbocycles. The summed E-state index contributed by atoms with van der Waals surface area (Å²) in [5.74, 6) is -0.287. The molecule has 6 heteroatoms. The number of rotatable bonds is 5. The number of aromatic nitrogens is 1. The fourth-order valence-electron chi connectivity index (χ4n) is 2.36. The van der Waals surface area contributed by atoms with Gasteiger partial charge in [0.15, 0.2) is 4.80 Å². The predicted octanol–water partition coefficient (Wildman–Crippen LogP) is 2.67. The highest BCUT2D eigenvalue weighted by Gasteiger charge is 2.23. The van der Waals surface area contributed by atoms with Crippen LogP contribution >= 0.6 is 11.3 Å². The molecule has 0 bridgehead atoms. The number of amides is 2. The van der Waals surface area contributed by atoms with Crippen LogP contribution in [0.4, 0.5) is 0 Å². The van der Waals surface area contributed by atoms with Gasteiger partial charge in [-0.1, -0.05) is 32.0 Å². The standard InChI is InChI=1S/C18H23N3O2S/c1-12(2)11-15(17(23)20-18-21(4)9-10-24-18)19-16(22)14-8-6-5-7-13(14)3/h5-10,12,15H,11H2,1-4H3,(H,19,22). The summed E-state index contributed by atoms with van der Waals surface area (Å²) in [7, 11) is 1.84. The summed E-state index contributed by atoms with van der Waals surface area (Å²) in [6, 6.07) is 6.72. The molecule has 2 aromatic rings. The Bertz CT molecular complexity index is 789. The molecule has 0 fully saturated rings. The third-order valence-corrected chi connectivity index (χ3v) is 4.51. The average molecular weight is 345 g/mol. The van der Waals surface area contributed by atoms with Crippen LogP contribution in [0.1, 0.15) is 36.2 Å². The van der Waals surface area contributed by atoms with Gasteiger partial charge in [-0.3, -0.25) is 9.59 Å². The lowest BCUT2D eigenvalue weighted by molar-refractivity contribution is -0.120. The minimum Gasteiger partial charge on any atom is -0.340 e. The second-order valence-corrected chi connectivity index (χ2v) is 7.09. The van der Waals surface area contributed by atoms with Gasteiger partial charge in [-0.15, -0.1) is 11.3 Å². The van der Waals surface area contributed by atoms with Crippen molar-refractivity contribution in [1.29, 1.82) is 0 Å². The van der Waals surface area contributed by atoms with Crippen molar-refractivity contribution in [3.63, 3.8) is 0 Å². The highest BCUT2D eigenvalue weighted by molar-refractivity contribution is 7.07. The maximum atomic E-state index is 12.6. The van der Waals surface area contributed by atoms with Gasteiger partial charge >= 0.3 is 0 Å². The first-order chi connectivity index (χ1) is 11.4. The minimum atomic E-state index is -0.626. The van der Waals surface area contributed by atoms with Crippen LogP contribution in [0.15, 0.2) is 40.8 Å². The second kappa shape index (κ2) is 8.06. The van der Waals surface area contributed by atoms with E-state index in [1.54, 1.807) is 10.6 Å². The molecule has 24 heavy (non-hydrogen) atoms. The Labute approximate surface area is 146 Å². The van der Waals surface area contributed by atoms with E-state index in [2.05, 4.69) is 10.3 Å². The summed E-state index contributed by atoms with van der Waals surface area (Å²) >= 11 is 1.39. The Balaban J connectivity index is 2.23. The molecule has 5 nitrogen and oxygen atoms in total. The van der Waals surface area contributed by atoms with Gasteiger partial charge in [-0.05, 0) is 30.9 Å². The predicted molar refractivity (Wildman–Crippen MR) is 95.7 cm³/mol. The number of thiazole rings is 1. The van der Waals surface area contributed by atoms with E-state index in [9.17, 15) is 9.59 Å². The molecule has 2 rings (SSSR count). The van der Waals surface area contributed by atoms with Crippen LogP contribution in [-0.2, 0) is 11.8 Å². The number of nitrogens with one attached hydrogen (secondary N) is 1. The maximum Gasteiger partial charge on any atom is 0.270 e. The largest absolute Gasteiger partial charge is 0.340 e. The van der Waals surface area contributed by atoms with Gasteiger partial charge in [0.1, 0.15) is 6.04 Å². The van der Waals surface area contributed by atoms with Gasteiger partial charge in [0.2, 0.25) is 0 Å². The van der Waals surface area contributed by atoms with Crippen LogP contribution < -0.4 is 10.1 Å². The lowest BCUT2D eigenvalue weighted by Gasteiger charge is -2.18. The smallest absolute Gasteiger partial charge is 0.270 e. The molecular weight excluding hydrogens is 322 g/mol. The second-order valence-electron chi connectivity index (χ2n) is 6.22. The normalized spacial score (nSPS) is 13.1. The maximum absolute atomic E-state index is 12.6.